The van der Waals surface area contributed by atoms with E-state index in [-0.39, 0.29) is 11.7 Å². The van der Waals surface area contributed by atoms with Crippen molar-refractivity contribution in [3.05, 3.63) is 77.0 Å². The first-order chi connectivity index (χ1) is 15.5. The highest BCUT2D eigenvalue weighted by atomic mass is 19.1. The number of anilines is 1. The van der Waals surface area contributed by atoms with Crippen LogP contribution in [-0.2, 0) is 13.5 Å². The molecule has 0 amide bonds. The fourth-order valence-corrected chi connectivity index (χ4v) is 5.17. The second-order valence-electron chi connectivity index (χ2n) is 8.46. The average molecular weight is 427 g/mol. The molecular formula is C25H22FN5O. The second-order valence-corrected chi connectivity index (χ2v) is 8.46. The van der Waals surface area contributed by atoms with Crippen molar-refractivity contribution in [2.24, 2.45) is 7.05 Å². The lowest BCUT2D eigenvalue weighted by molar-refractivity contribution is 0.227. The molecule has 0 saturated heterocycles. The van der Waals surface area contributed by atoms with Gasteiger partial charge in [0.1, 0.15) is 11.9 Å². The first-order valence-electron chi connectivity index (χ1n) is 10.7. The summed E-state index contributed by atoms with van der Waals surface area (Å²) in [5.41, 5.74) is 13.9. The number of hydrogen-bond acceptors (Lipinski definition) is 5. The number of nitrogens with two attached hydrogens (primary N) is 1. The molecule has 160 valence electrons. The van der Waals surface area contributed by atoms with E-state index in [2.05, 4.69) is 11.1 Å². The Morgan fingerprint density at radius 2 is 2.03 bits per heavy atom. The minimum atomic E-state index is -0.459. The van der Waals surface area contributed by atoms with Crippen LogP contribution in [0.5, 0.6) is 5.75 Å². The molecule has 1 aliphatic carbocycles. The van der Waals surface area contributed by atoms with Crippen molar-refractivity contribution in [2.45, 2.75) is 31.8 Å². The highest BCUT2D eigenvalue weighted by Gasteiger charge is 2.34. The van der Waals surface area contributed by atoms with Gasteiger partial charge in [-0.3, -0.25) is 9.67 Å². The van der Waals surface area contributed by atoms with Crippen molar-refractivity contribution in [3.8, 4) is 28.3 Å². The quantitative estimate of drug-likeness (QED) is 0.436. The van der Waals surface area contributed by atoms with E-state index in [4.69, 9.17) is 20.6 Å². The van der Waals surface area contributed by atoms with E-state index in [1.807, 2.05) is 30.8 Å². The van der Waals surface area contributed by atoms with E-state index in [1.165, 1.54) is 17.7 Å². The summed E-state index contributed by atoms with van der Waals surface area (Å²) < 4.78 is 22.5. The smallest absolute Gasteiger partial charge is 0.166 e. The van der Waals surface area contributed by atoms with E-state index in [0.717, 1.165) is 52.2 Å². The number of pyridine rings is 2. The van der Waals surface area contributed by atoms with Crippen molar-refractivity contribution in [1.82, 2.24) is 19.7 Å². The molecule has 6 nitrogen and oxygen atoms in total. The molecule has 2 bridgehead atoms. The van der Waals surface area contributed by atoms with E-state index >= 15 is 0 Å². The molecule has 2 aliphatic rings. The van der Waals surface area contributed by atoms with Gasteiger partial charge < -0.3 is 10.5 Å². The lowest BCUT2D eigenvalue weighted by Crippen LogP contribution is -2.11. The fraction of sp³-hybridized carbons (Fsp3) is 0.240. The van der Waals surface area contributed by atoms with Crippen molar-refractivity contribution < 1.29 is 9.13 Å². The average Bonchev–Trinajstić information content (AvgIpc) is 3.32. The third-order valence-electron chi connectivity index (χ3n) is 6.56. The van der Waals surface area contributed by atoms with Crippen LogP contribution in [0.4, 0.5) is 10.2 Å². The first kappa shape index (κ1) is 19.0. The Morgan fingerprint density at radius 3 is 2.91 bits per heavy atom. The Balaban J connectivity index is 1.71. The Hall–Kier alpha value is -3.74. The number of hydrogen-bond donors (Lipinski definition) is 1. The molecule has 7 heteroatoms. The van der Waals surface area contributed by atoms with Gasteiger partial charge in [0.25, 0.3) is 0 Å². The minimum Gasteiger partial charge on any atom is -0.482 e. The number of nitrogens with zero attached hydrogens (tertiary/aromatic N) is 4. The molecule has 2 N–H and O–H groups in total. The standard InChI is InChI=1S/C25H22FN5O/c1-13-19-11-15(26)5-6-18(19)23-17(4-3-9-28-23)16-7-8-20-22(16)24(31(2)30-20)14-10-21(32-13)25(27)29-12-14/h3-6,9-13,16H,7-8H2,1-2H3,(H2,27,29)/t13-,16?/m1/s1. The van der Waals surface area contributed by atoms with E-state index in [0.29, 0.717) is 11.6 Å². The molecule has 4 aromatic rings. The van der Waals surface area contributed by atoms with Crippen LogP contribution in [0.2, 0.25) is 0 Å². The summed E-state index contributed by atoms with van der Waals surface area (Å²) in [5, 5.41) is 4.81. The summed E-state index contributed by atoms with van der Waals surface area (Å²) in [4.78, 5) is 9.16. The number of nitrogen functional groups attached to an aromatic ring is 1. The van der Waals surface area contributed by atoms with E-state index in [1.54, 1.807) is 18.5 Å². The maximum Gasteiger partial charge on any atom is 0.166 e. The molecule has 1 aliphatic heterocycles. The van der Waals surface area contributed by atoms with Crippen LogP contribution in [-0.4, -0.2) is 19.7 Å². The summed E-state index contributed by atoms with van der Waals surface area (Å²) in [6.45, 7) is 1.89. The van der Waals surface area contributed by atoms with Crippen molar-refractivity contribution >= 4 is 5.82 Å². The first-order valence-corrected chi connectivity index (χ1v) is 10.7. The minimum absolute atomic E-state index is 0.131. The third kappa shape index (κ3) is 2.74. The summed E-state index contributed by atoms with van der Waals surface area (Å²) in [5.74, 6) is 0.578. The lowest BCUT2D eigenvalue weighted by Gasteiger charge is -2.24. The second kappa shape index (κ2) is 6.88. The molecule has 1 aromatic carbocycles. The number of rotatable bonds is 0. The zero-order valence-corrected chi connectivity index (χ0v) is 17.8. The Labute approximate surface area is 184 Å². The molecule has 0 spiro atoms. The van der Waals surface area contributed by atoms with Crippen LogP contribution >= 0.6 is 0 Å². The number of aryl methyl sites for hydroxylation is 2. The maximum atomic E-state index is 14.3. The van der Waals surface area contributed by atoms with Gasteiger partial charge in [-0.2, -0.15) is 5.10 Å². The molecule has 0 radical (unpaired) electrons. The van der Waals surface area contributed by atoms with Crippen molar-refractivity contribution in [2.75, 3.05) is 5.73 Å². The Morgan fingerprint density at radius 1 is 1.16 bits per heavy atom. The van der Waals surface area contributed by atoms with E-state index < -0.39 is 6.10 Å². The number of ether oxygens (including phenoxy) is 1. The molecule has 3 aromatic heterocycles. The predicted molar refractivity (Wildman–Crippen MR) is 120 cm³/mol. The molecule has 4 heterocycles. The molecule has 6 rings (SSSR count). The van der Waals surface area contributed by atoms with Gasteiger partial charge in [0.2, 0.25) is 0 Å². The highest BCUT2D eigenvalue weighted by molar-refractivity contribution is 5.74. The monoisotopic (exact) mass is 427 g/mol. The number of fused-ring (bicyclic) bond motifs is 7. The van der Waals surface area contributed by atoms with Crippen LogP contribution in [0.25, 0.3) is 22.5 Å². The number of benzene rings is 1. The van der Waals surface area contributed by atoms with Crippen molar-refractivity contribution in [1.29, 1.82) is 0 Å². The zero-order chi connectivity index (χ0) is 22.0. The lowest BCUT2D eigenvalue weighted by atomic mass is 9.86. The summed E-state index contributed by atoms with van der Waals surface area (Å²) in [7, 11) is 1.96. The largest absolute Gasteiger partial charge is 0.482 e. The van der Waals surface area contributed by atoms with E-state index in [9.17, 15) is 4.39 Å². The van der Waals surface area contributed by atoms with Gasteiger partial charge >= 0.3 is 0 Å². The van der Waals surface area contributed by atoms with Gasteiger partial charge in [0, 0.05) is 47.6 Å². The maximum absolute atomic E-state index is 14.3. The van der Waals surface area contributed by atoms with Crippen molar-refractivity contribution in [3.63, 3.8) is 0 Å². The number of halogens is 1. The van der Waals surface area contributed by atoms with Gasteiger partial charge in [0.05, 0.1) is 17.1 Å². The Bertz CT molecular complexity index is 1380. The van der Waals surface area contributed by atoms with Gasteiger partial charge in [-0.25, -0.2) is 9.37 Å². The van der Waals surface area contributed by atoms with Gasteiger partial charge in [-0.15, -0.1) is 0 Å². The molecule has 1 unspecified atom stereocenters. The van der Waals surface area contributed by atoms with Crippen LogP contribution in [0, 0.1) is 5.82 Å². The predicted octanol–water partition coefficient (Wildman–Crippen LogP) is 4.80. The molecule has 32 heavy (non-hydrogen) atoms. The summed E-state index contributed by atoms with van der Waals surface area (Å²) in [6.07, 6.45) is 4.93. The SMILES string of the molecule is C[C@H]1Oc2cc(cnc2N)-c2c3c(nn2C)CCC3c2cccnc2-c2ccc(F)cc21. The van der Waals surface area contributed by atoms with Crippen LogP contribution < -0.4 is 10.5 Å². The Kier molecular flexibility index (Phi) is 4.08. The van der Waals surface area contributed by atoms with Gasteiger partial charge in [0.15, 0.2) is 11.6 Å². The topological polar surface area (TPSA) is 78.9 Å². The third-order valence-corrected chi connectivity index (χ3v) is 6.56. The normalized spacial score (nSPS) is 18.6. The van der Waals surface area contributed by atoms with Crippen LogP contribution in [0.3, 0.4) is 0 Å². The molecule has 0 fully saturated rings. The van der Waals surface area contributed by atoms with Crippen LogP contribution in [0.1, 0.15) is 47.8 Å². The zero-order valence-electron chi connectivity index (χ0n) is 17.8. The number of aromatic nitrogens is 4. The summed E-state index contributed by atoms with van der Waals surface area (Å²) in [6, 6.07) is 10.8. The highest BCUT2D eigenvalue weighted by Crippen LogP contribution is 2.47. The fourth-order valence-electron chi connectivity index (χ4n) is 5.17. The molecule has 2 atom stereocenters. The van der Waals surface area contributed by atoms with Gasteiger partial charge in [-0.05, 0) is 55.7 Å². The summed E-state index contributed by atoms with van der Waals surface area (Å²) >= 11 is 0. The van der Waals surface area contributed by atoms with Crippen LogP contribution in [0.15, 0.2) is 48.8 Å². The molecular weight excluding hydrogens is 405 g/mol. The molecule has 0 saturated carbocycles. The van der Waals surface area contributed by atoms with Gasteiger partial charge in [-0.1, -0.05) is 6.07 Å².